The van der Waals surface area contributed by atoms with Gasteiger partial charge in [-0.1, -0.05) is 388 Å². The number of likely N-dealkylation sites (N-methyl/N-ethyl adjacent to an activating group) is 1. The van der Waals surface area contributed by atoms with Gasteiger partial charge in [0.05, 0.1) is 39.9 Å². The smallest absolute Gasteiger partial charge is 0.268 e. The number of carbonyl (C=O) groups excluding carboxylic acids is 1. The Morgan fingerprint density at radius 2 is 0.674 bits per heavy atom. The molecule has 9 heteroatoms. The molecule has 0 aliphatic carbocycles. The van der Waals surface area contributed by atoms with E-state index in [0.29, 0.717) is 17.4 Å². The summed E-state index contributed by atoms with van der Waals surface area (Å²) in [6.45, 7) is 4.57. The molecule has 0 aromatic rings. The third kappa shape index (κ3) is 75.1. The summed E-state index contributed by atoms with van der Waals surface area (Å²) in [6.07, 6.45) is 105. The molecular formula is C83H155N2O6P. The minimum Gasteiger partial charge on any atom is -0.756 e. The second-order valence-electron chi connectivity index (χ2n) is 28.4. The van der Waals surface area contributed by atoms with E-state index in [4.69, 9.17) is 9.05 Å². The normalized spacial score (nSPS) is 13.9. The van der Waals surface area contributed by atoms with Crippen molar-refractivity contribution in [3.63, 3.8) is 0 Å². The Bertz CT molecular complexity index is 1780. The monoisotopic (exact) mass is 1310 g/mol. The predicted octanol–water partition coefficient (Wildman–Crippen LogP) is 25.6. The summed E-state index contributed by atoms with van der Waals surface area (Å²) in [5.41, 5.74) is 0. The molecule has 0 saturated carbocycles. The van der Waals surface area contributed by atoms with Crippen molar-refractivity contribution < 1.29 is 32.9 Å². The zero-order valence-electron chi connectivity index (χ0n) is 61.8. The molecule has 3 unspecified atom stereocenters. The van der Waals surface area contributed by atoms with Crippen molar-refractivity contribution in [2.24, 2.45) is 0 Å². The second kappa shape index (κ2) is 72.9. The molecule has 3 atom stereocenters. The number of aliphatic hydroxyl groups excluding tert-OH is 1. The predicted molar refractivity (Wildman–Crippen MR) is 403 cm³/mol. The molecule has 8 nitrogen and oxygen atoms in total. The number of aliphatic hydroxyl groups is 1. The quantitative estimate of drug-likeness (QED) is 0.0272. The van der Waals surface area contributed by atoms with E-state index in [0.717, 1.165) is 70.6 Å². The molecule has 0 aromatic carbocycles. The fourth-order valence-electron chi connectivity index (χ4n) is 12.0. The molecule has 2 N–H and O–H groups in total. The lowest BCUT2D eigenvalue weighted by atomic mass is 10.0. The van der Waals surface area contributed by atoms with Crippen molar-refractivity contribution in [1.82, 2.24) is 5.32 Å². The van der Waals surface area contributed by atoms with Crippen molar-refractivity contribution in [2.45, 2.75) is 398 Å². The Labute approximate surface area is 573 Å². The van der Waals surface area contributed by atoms with Crippen LogP contribution in [0.2, 0.25) is 0 Å². The first-order chi connectivity index (χ1) is 45.0. The fraction of sp³-hybridized carbons (Fsp3) is 0.819. The van der Waals surface area contributed by atoms with Crippen LogP contribution in [0, 0.1) is 0 Å². The van der Waals surface area contributed by atoms with Gasteiger partial charge in [-0.2, -0.15) is 0 Å². The largest absolute Gasteiger partial charge is 0.756 e. The summed E-state index contributed by atoms with van der Waals surface area (Å²) in [4.78, 5) is 25.7. The van der Waals surface area contributed by atoms with Gasteiger partial charge in [0.1, 0.15) is 13.2 Å². The molecular weight excluding hydrogens is 1150 g/mol. The van der Waals surface area contributed by atoms with Crippen LogP contribution >= 0.6 is 7.82 Å². The molecule has 0 aliphatic heterocycles. The topological polar surface area (TPSA) is 108 Å². The third-order valence-corrected chi connectivity index (χ3v) is 19.1. The van der Waals surface area contributed by atoms with E-state index in [2.05, 4.69) is 92.1 Å². The molecule has 0 fully saturated rings. The van der Waals surface area contributed by atoms with Crippen LogP contribution in [0.5, 0.6) is 0 Å². The average Bonchev–Trinajstić information content (AvgIpc) is 2.63. The van der Waals surface area contributed by atoms with Crippen LogP contribution in [0.3, 0.4) is 0 Å². The molecule has 92 heavy (non-hydrogen) atoms. The maximum atomic E-state index is 13.1. The van der Waals surface area contributed by atoms with Crippen LogP contribution in [0.1, 0.15) is 386 Å². The van der Waals surface area contributed by atoms with Gasteiger partial charge in [0.15, 0.2) is 0 Å². The first kappa shape index (κ1) is 89.7. The lowest BCUT2D eigenvalue weighted by Crippen LogP contribution is -2.45. The van der Waals surface area contributed by atoms with E-state index in [1.807, 2.05) is 27.2 Å². The highest BCUT2D eigenvalue weighted by Gasteiger charge is 2.23. The Morgan fingerprint density at radius 1 is 0.391 bits per heavy atom. The van der Waals surface area contributed by atoms with Crippen molar-refractivity contribution in [1.29, 1.82) is 0 Å². The van der Waals surface area contributed by atoms with Gasteiger partial charge in [-0.05, 0) is 77.0 Å². The molecule has 0 aromatic heterocycles. The molecule has 0 heterocycles. The number of unbranched alkanes of at least 4 members (excludes halogenated alkanes) is 49. The lowest BCUT2D eigenvalue weighted by Gasteiger charge is -2.29. The summed E-state index contributed by atoms with van der Waals surface area (Å²) in [5, 5.41) is 14.0. The summed E-state index contributed by atoms with van der Waals surface area (Å²) in [5.74, 6) is -0.201. The summed E-state index contributed by atoms with van der Waals surface area (Å²) < 4.78 is 23.5. The van der Waals surface area contributed by atoms with E-state index >= 15 is 0 Å². The Hall–Kier alpha value is -2.32. The Kier molecular flexibility index (Phi) is 71.1. The molecule has 0 saturated heterocycles. The van der Waals surface area contributed by atoms with Crippen LogP contribution in [0.15, 0.2) is 85.1 Å². The first-order valence-electron chi connectivity index (χ1n) is 39.9. The minimum atomic E-state index is -4.62. The van der Waals surface area contributed by atoms with Crippen molar-refractivity contribution in [3.05, 3.63) is 85.1 Å². The van der Waals surface area contributed by atoms with Gasteiger partial charge in [-0.25, -0.2) is 0 Å². The molecule has 0 radical (unpaired) electrons. The number of quaternary nitrogens is 1. The van der Waals surface area contributed by atoms with E-state index in [-0.39, 0.29) is 12.5 Å². The van der Waals surface area contributed by atoms with Gasteiger partial charge < -0.3 is 28.8 Å². The Morgan fingerprint density at radius 3 is 1.01 bits per heavy atom. The van der Waals surface area contributed by atoms with Gasteiger partial charge in [-0.15, -0.1) is 0 Å². The third-order valence-electron chi connectivity index (χ3n) is 18.1. The summed E-state index contributed by atoms with van der Waals surface area (Å²) in [6, 6.07) is -0.907. The van der Waals surface area contributed by atoms with Crippen molar-refractivity contribution in [2.75, 3.05) is 40.9 Å². The van der Waals surface area contributed by atoms with E-state index < -0.39 is 26.6 Å². The van der Waals surface area contributed by atoms with Crippen LogP contribution in [0.4, 0.5) is 0 Å². The van der Waals surface area contributed by atoms with E-state index in [1.54, 1.807) is 6.08 Å². The zero-order valence-corrected chi connectivity index (χ0v) is 62.6. The average molecular weight is 1310 g/mol. The molecule has 0 spiro atoms. The molecule has 0 rings (SSSR count). The lowest BCUT2D eigenvalue weighted by molar-refractivity contribution is -0.870. The summed E-state index contributed by atoms with van der Waals surface area (Å²) >= 11 is 0. The maximum Gasteiger partial charge on any atom is 0.268 e. The molecule has 0 aliphatic rings. The highest BCUT2D eigenvalue weighted by molar-refractivity contribution is 7.45. The van der Waals surface area contributed by atoms with Gasteiger partial charge >= 0.3 is 0 Å². The SMILES string of the molecule is CC/C=C\C/C=C\C/C=C\C/C=C\C/C=C\CCCCCCCCCCCCCCCCCCCCCCCCCC(=O)NC(COP(=O)([O-])OCC[N+](C)(C)C)C(O)/C=C/CC/C=C/CCCCCCCCCCCCCCCCCCCCCCCCCCC. The molecule has 1 amide bonds. The van der Waals surface area contributed by atoms with Gasteiger partial charge in [-0.3, -0.25) is 9.36 Å². The van der Waals surface area contributed by atoms with Gasteiger partial charge in [0.2, 0.25) is 5.91 Å². The standard InChI is InChI=1S/C83H155N2O6P/c1-6-8-10-12-14-16-18-20-22-24-26-28-30-32-34-36-38-39-40-41-42-43-44-45-47-49-51-53-55-57-59-61-63-65-67-69-71-73-75-77-83(87)84-81(80-91-92(88,89)90-79-78-85(3,4)5)82(86)76-74-72-70-68-66-64-62-60-58-56-54-52-50-48-46-37-35-33-31-29-27-25-23-21-19-17-15-13-11-9-7-2/h8,10,14,16,20,22,26,28,32,34,66,68,74,76,81-82,86H,6-7,9,11-13,15,17-19,21,23-25,27,29-31,33,35-65,67,69-73,75,77-80H2,1-5H3,(H-,84,87,88,89)/b10-8-,16-14-,22-20-,28-26-,34-32-,68-66+,76-74+. The second-order valence-corrected chi connectivity index (χ2v) is 29.8. The number of amides is 1. The fourth-order valence-corrected chi connectivity index (χ4v) is 12.7. The first-order valence-corrected chi connectivity index (χ1v) is 41.4. The van der Waals surface area contributed by atoms with Gasteiger partial charge in [0.25, 0.3) is 7.82 Å². The van der Waals surface area contributed by atoms with E-state index in [1.165, 1.54) is 295 Å². The van der Waals surface area contributed by atoms with Crippen LogP contribution in [-0.4, -0.2) is 68.5 Å². The van der Waals surface area contributed by atoms with Crippen LogP contribution < -0.4 is 10.2 Å². The molecule has 538 valence electrons. The van der Waals surface area contributed by atoms with Crippen molar-refractivity contribution >= 4 is 13.7 Å². The highest BCUT2D eigenvalue weighted by Crippen LogP contribution is 2.38. The van der Waals surface area contributed by atoms with Crippen LogP contribution in [-0.2, 0) is 18.4 Å². The van der Waals surface area contributed by atoms with Gasteiger partial charge in [0, 0.05) is 6.42 Å². The number of rotatable bonds is 74. The Balaban J connectivity index is 3.98. The molecule has 0 bridgehead atoms. The number of allylic oxidation sites excluding steroid dienone is 13. The highest BCUT2D eigenvalue weighted by atomic mass is 31.2. The van der Waals surface area contributed by atoms with E-state index in [9.17, 15) is 19.4 Å². The summed E-state index contributed by atoms with van der Waals surface area (Å²) in [7, 11) is 1.26. The number of hydrogen-bond acceptors (Lipinski definition) is 6. The number of phosphoric ester groups is 1. The maximum absolute atomic E-state index is 13.1. The number of nitrogens with zero attached hydrogens (tertiary/aromatic N) is 1. The van der Waals surface area contributed by atoms with Crippen LogP contribution in [0.25, 0.3) is 0 Å². The number of nitrogens with one attached hydrogen (secondary N) is 1. The zero-order chi connectivity index (χ0) is 66.9. The number of hydrogen-bond donors (Lipinski definition) is 2. The minimum absolute atomic E-state index is 0.00637. The number of carbonyl (C=O) groups is 1. The van der Waals surface area contributed by atoms with Crippen molar-refractivity contribution in [3.8, 4) is 0 Å². The number of phosphoric acid groups is 1.